The Morgan fingerprint density at radius 2 is 2.40 bits per heavy atom. The normalized spacial score (nSPS) is 11.1. The van der Waals surface area contributed by atoms with Crippen LogP contribution in [0.2, 0.25) is 0 Å². The van der Waals surface area contributed by atoms with Gasteiger partial charge in [-0.1, -0.05) is 6.07 Å². The molecule has 104 valence electrons. The van der Waals surface area contributed by atoms with E-state index in [2.05, 4.69) is 15.4 Å². The van der Waals surface area contributed by atoms with Gasteiger partial charge in [0.1, 0.15) is 6.26 Å². The third kappa shape index (κ3) is 3.15. The minimum Gasteiger partial charge on any atom is -0.444 e. The van der Waals surface area contributed by atoms with Crippen molar-refractivity contribution in [2.24, 2.45) is 0 Å². The number of thiophene rings is 1. The van der Waals surface area contributed by atoms with E-state index in [0.717, 1.165) is 23.7 Å². The summed E-state index contributed by atoms with van der Waals surface area (Å²) in [6.07, 6.45) is 5.61. The molecule has 6 heteroatoms. The highest BCUT2D eigenvalue weighted by atomic mass is 32.1. The Bertz CT molecular complexity index is 656. The minimum absolute atomic E-state index is 0.694. The molecule has 0 spiro atoms. The molecule has 0 aliphatic rings. The highest BCUT2D eigenvalue weighted by Crippen LogP contribution is 2.23. The Balaban J connectivity index is 1.47. The van der Waals surface area contributed by atoms with E-state index in [-0.39, 0.29) is 0 Å². The van der Waals surface area contributed by atoms with Crippen LogP contribution in [0.4, 0.5) is 0 Å². The van der Waals surface area contributed by atoms with E-state index >= 15 is 0 Å². The average molecular weight is 288 g/mol. The van der Waals surface area contributed by atoms with Gasteiger partial charge in [0.05, 0.1) is 23.3 Å². The van der Waals surface area contributed by atoms with Crippen LogP contribution in [0.1, 0.15) is 11.3 Å². The van der Waals surface area contributed by atoms with Crippen molar-refractivity contribution in [1.29, 1.82) is 0 Å². The molecule has 0 radical (unpaired) electrons. The van der Waals surface area contributed by atoms with Crippen molar-refractivity contribution in [3.8, 4) is 10.8 Å². The van der Waals surface area contributed by atoms with E-state index < -0.39 is 0 Å². The zero-order valence-electron chi connectivity index (χ0n) is 11.2. The molecule has 5 nitrogen and oxygen atoms in total. The molecule has 0 aromatic carbocycles. The second-order valence-electron chi connectivity index (χ2n) is 4.58. The van der Waals surface area contributed by atoms with Crippen LogP contribution in [0, 0.1) is 6.92 Å². The highest BCUT2D eigenvalue weighted by Gasteiger charge is 2.06. The minimum atomic E-state index is 0.694. The number of aromatic nitrogens is 3. The first-order valence-electron chi connectivity index (χ1n) is 6.49. The van der Waals surface area contributed by atoms with Crippen molar-refractivity contribution < 1.29 is 4.42 Å². The number of hydrogen-bond donors (Lipinski definition) is 1. The average Bonchev–Trinajstić information content (AvgIpc) is 3.16. The summed E-state index contributed by atoms with van der Waals surface area (Å²) in [7, 11) is 0. The number of aryl methyl sites for hydroxylation is 1. The number of nitrogens with one attached hydrogen (secondary N) is 1. The van der Waals surface area contributed by atoms with E-state index in [1.807, 2.05) is 41.5 Å². The lowest BCUT2D eigenvalue weighted by atomic mass is 10.4. The first-order chi connectivity index (χ1) is 9.81. The summed E-state index contributed by atoms with van der Waals surface area (Å²) in [5.74, 6) is 0.694. The maximum absolute atomic E-state index is 5.47. The Labute approximate surface area is 121 Å². The molecule has 3 aromatic heterocycles. The van der Waals surface area contributed by atoms with Crippen molar-refractivity contribution in [3.63, 3.8) is 0 Å². The maximum Gasteiger partial charge on any atom is 0.236 e. The van der Waals surface area contributed by atoms with Crippen LogP contribution in [-0.2, 0) is 13.1 Å². The summed E-state index contributed by atoms with van der Waals surface area (Å²) in [5, 5.41) is 9.60. The van der Waals surface area contributed by atoms with Gasteiger partial charge < -0.3 is 9.73 Å². The van der Waals surface area contributed by atoms with Gasteiger partial charge in [-0.3, -0.25) is 4.68 Å². The van der Waals surface area contributed by atoms with E-state index in [9.17, 15) is 0 Å². The predicted octanol–water partition coefficient (Wildman–Crippen LogP) is 2.70. The largest absolute Gasteiger partial charge is 0.444 e. The molecular weight excluding hydrogens is 272 g/mol. The standard InChI is InChI=1S/C14H16N4OS/c1-11-7-16-18(9-11)5-4-15-8-12-10-19-14(17-12)13-3-2-6-20-13/h2-3,6-7,9-10,15H,4-5,8H2,1H3. The second-order valence-corrected chi connectivity index (χ2v) is 5.53. The molecule has 20 heavy (non-hydrogen) atoms. The van der Waals surface area contributed by atoms with Crippen molar-refractivity contribution in [2.75, 3.05) is 6.54 Å². The molecule has 3 aromatic rings. The third-order valence-corrected chi connectivity index (χ3v) is 3.73. The second kappa shape index (κ2) is 6.02. The van der Waals surface area contributed by atoms with Crippen molar-refractivity contribution in [3.05, 3.63) is 47.4 Å². The lowest BCUT2D eigenvalue weighted by molar-refractivity contribution is 0.546. The quantitative estimate of drug-likeness (QED) is 0.709. The topological polar surface area (TPSA) is 55.9 Å². The highest BCUT2D eigenvalue weighted by molar-refractivity contribution is 7.13. The van der Waals surface area contributed by atoms with Crippen LogP contribution in [0.5, 0.6) is 0 Å². The van der Waals surface area contributed by atoms with E-state index in [0.29, 0.717) is 12.4 Å². The van der Waals surface area contributed by atoms with Gasteiger partial charge in [0, 0.05) is 19.3 Å². The first kappa shape index (κ1) is 13.1. The molecule has 0 aliphatic carbocycles. The molecule has 0 fully saturated rings. The Hall–Kier alpha value is -1.92. The van der Waals surface area contributed by atoms with Crippen LogP contribution in [0.25, 0.3) is 10.8 Å². The molecule has 1 N–H and O–H groups in total. The van der Waals surface area contributed by atoms with Crippen LogP contribution in [0.3, 0.4) is 0 Å². The lowest BCUT2D eigenvalue weighted by Gasteiger charge is -2.02. The van der Waals surface area contributed by atoms with Crippen molar-refractivity contribution in [2.45, 2.75) is 20.0 Å². The zero-order chi connectivity index (χ0) is 13.8. The molecule has 3 rings (SSSR count). The molecule has 0 saturated heterocycles. The number of nitrogens with zero attached hydrogens (tertiary/aromatic N) is 3. The molecule has 0 bridgehead atoms. The fourth-order valence-corrected chi connectivity index (χ4v) is 2.56. The summed E-state index contributed by atoms with van der Waals surface area (Å²) in [5.41, 5.74) is 2.10. The van der Waals surface area contributed by atoms with E-state index in [1.165, 1.54) is 5.56 Å². The maximum atomic E-state index is 5.47. The summed E-state index contributed by atoms with van der Waals surface area (Å²) in [4.78, 5) is 5.52. The Morgan fingerprint density at radius 1 is 1.45 bits per heavy atom. The van der Waals surface area contributed by atoms with E-state index in [1.54, 1.807) is 17.6 Å². The Kier molecular flexibility index (Phi) is 3.94. The van der Waals surface area contributed by atoms with Crippen LogP contribution >= 0.6 is 11.3 Å². The summed E-state index contributed by atoms with van der Waals surface area (Å²) in [6.45, 7) is 4.44. The van der Waals surface area contributed by atoms with Gasteiger partial charge in [-0.25, -0.2) is 4.98 Å². The van der Waals surface area contributed by atoms with Crippen LogP contribution in [-0.4, -0.2) is 21.3 Å². The molecule has 0 atom stereocenters. The zero-order valence-corrected chi connectivity index (χ0v) is 12.1. The van der Waals surface area contributed by atoms with Gasteiger partial charge in [0.25, 0.3) is 0 Å². The smallest absolute Gasteiger partial charge is 0.236 e. The Morgan fingerprint density at radius 3 is 3.15 bits per heavy atom. The third-order valence-electron chi connectivity index (χ3n) is 2.87. The molecule has 3 heterocycles. The number of hydrogen-bond acceptors (Lipinski definition) is 5. The molecular formula is C14H16N4OS. The van der Waals surface area contributed by atoms with Gasteiger partial charge >= 0.3 is 0 Å². The van der Waals surface area contributed by atoms with Crippen molar-refractivity contribution >= 4 is 11.3 Å². The van der Waals surface area contributed by atoms with Crippen LogP contribution in [0.15, 0.2) is 40.6 Å². The van der Waals surface area contributed by atoms with Gasteiger partial charge in [-0.2, -0.15) is 5.10 Å². The first-order valence-corrected chi connectivity index (χ1v) is 7.37. The molecule has 0 unspecified atom stereocenters. The number of oxazole rings is 1. The van der Waals surface area contributed by atoms with Gasteiger partial charge in [0.2, 0.25) is 5.89 Å². The molecule has 0 aliphatic heterocycles. The lowest BCUT2D eigenvalue weighted by Crippen LogP contribution is -2.19. The molecule has 0 saturated carbocycles. The van der Waals surface area contributed by atoms with Gasteiger partial charge in [-0.05, 0) is 23.9 Å². The van der Waals surface area contributed by atoms with Crippen molar-refractivity contribution in [1.82, 2.24) is 20.1 Å². The molecule has 0 amide bonds. The van der Waals surface area contributed by atoms with Gasteiger partial charge in [-0.15, -0.1) is 11.3 Å². The summed E-state index contributed by atoms with van der Waals surface area (Å²) in [6, 6.07) is 4.00. The SMILES string of the molecule is Cc1cnn(CCNCc2coc(-c3cccs3)n2)c1. The van der Waals surface area contributed by atoms with Gasteiger partial charge in [0.15, 0.2) is 0 Å². The van der Waals surface area contributed by atoms with Crippen LogP contribution < -0.4 is 5.32 Å². The number of rotatable bonds is 6. The fraction of sp³-hybridized carbons (Fsp3) is 0.286. The fourth-order valence-electron chi connectivity index (χ4n) is 1.90. The predicted molar refractivity (Wildman–Crippen MR) is 78.5 cm³/mol. The summed E-state index contributed by atoms with van der Waals surface area (Å²) < 4.78 is 7.40. The van der Waals surface area contributed by atoms with E-state index in [4.69, 9.17) is 4.42 Å². The summed E-state index contributed by atoms with van der Waals surface area (Å²) >= 11 is 1.63. The monoisotopic (exact) mass is 288 g/mol.